The Hall–Kier alpha value is -4.17. The molecule has 1 unspecified atom stereocenters. The number of carbonyl (C=O) groups is 3. The number of benzene rings is 3. The molecule has 3 aromatic carbocycles. The number of nitrogens with zero attached hydrogens (tertiary/aromatic N) is 1. The van der Waals surface area contributed by atoms with Crippen molar-refractivity contribution in [2.24, 2.45) is 11.3 Å². The third-order valence-corrected chi connectivity index (χ3v) is 9.27. The molecule has 1 saturated carbocycles. The maximum atomic E-state index is 13.8. The minimum Gasteiger partial charge on any atom is -0.481 e. The Morgan fingerprint density at radius 3 is 2.12 bits per heavy atom. The van der Waals surface area contributed by atoms with E-state index < -0.39 is 24.2 Å². The Balaban J connectivity index is 1.13. The molecular weight excluding hydrogens is 532 g/mol. The summed E-state index contributed by atoms with van der Waals surface area (Å²) in [5, 5.41) is 12.3. The third kappa shape index (κ3) is 5.51. The first-order valence-electron chi connectivity index (χ1n) is 14.6. The van der Waals surface area contributed by atoms with Crippen molar-refractivity contribution in [3.8, 4) is 11.1 Å². The van der Waals surface area contributed by atoms with Crippen LogP contribution in [0.4, 0.5) is 4.79 Å². The van der Waals surface area contributed by atoms with E-state index in [1.807, 2.05) is 54.6 Å². The normalized spacial score (nSPS) is 19.8. The maximum Gasteiger partial charge on any atom is 0.407 e. The summed E-state index contributed by atoms with van der Waals surface area (Å²) in [7, 11) is 0. The van der Waals surface area contributed by atoms with Crippen LogP contribution in [0.5, 0.6) is 0 Å². The monoisotopic (exact) mass is 568 g/mol. The molecule has 3 aromatic rings. The number of alkyl carbamates (subject to hydrolysis) is 1. The summed E-state index contributed by atoms with van der Waals surface area (Å²) in [5.74, 6) is -1.42. The van der Waals surface area contributed by atoms with Crippen LogP contribution in [0, 0.1) is 11.3 Å². The quantitative estimate of drug-likeness (QED) is 0.367. The summed E-state index contributed by atoms with van der Waals surface area (Å²) in [6.07, 6.45) is 0.663. The highest BCUT2D eigenvalue weighted by Gasteiger charge is 2.59. The first-order chi connectivity index (χ1) is 20.4. The Labute approximate surface area is 245 Å². The maximum absolute atomic E-state index is 13.8. The Morgan fingerprint density at radius 2 is 1.52 bits per heavy atom. The zero-order valence-corrected chi connectivity index (χ0v) is 23.7. The minimum atomic E-state index is -0.951. The molecule has 0 bridgehead atoms. The second kappa shape index (κ2) is 11.6. The average molecular weight is 569 g/mol. The van der Waals surface area contributed by atoms with E-state index >= 15 is 0 Å². The van der Waals surface area contributed by atoms with Crippen molar-refractivity contribution in [2.75, 3.05) is 19.7 Å². The molecule has 1 spiro atoms. The molecule has 1 aliphatic heterocycles. The van der Waals surface area contributed by atoms with Gasteiger partial charge in [-0.3, -0.25) is 9.59 Å². The highest BCUT2D eigenvalue weighted by Crippen LogP contribution is 2.59. The van der Waals surface area contributed by atoms with E-state index in [0.29, 0.717) is 39.0 Å². The van der Waals surface area contributed by atoms with Crippen molar-refractivity contribution in [1.29, 1.82) is 0 Å². The van der Waals surface area contributed by atoms with Gasteiger partial charge in [0.1, 0.15) is 12.6 Å². The van der Waals surface area contributed by atoms with E-state index in [4.69, 9.17) is 9.47 Å². The van der Waals surface area contributed by atoms with Gasteiger partial charge in [-0.1, -0.05) is 78.9 Å². The molecule has 2 N–H and O–H groups in total. The standard InChI is InChI=1S/C34H36N2O6/c1-22(41-20-23-9-3-2-4-10-23)30(31(37)36-17-15-34(16-18-36)19-29(34)32(38)39)35-33(40)42-21-28-26-13-7-5-11-24(26)25-12-6-8-14-27(25)28/h2-14,22,28-30H,15-21H2,1H3,(H,35,40)(H,38,39)/t22-,29?,30+/m0/s1. The summed E-state index contributed by atoms with van der Waals surface area (Å²) in [6, 6.07) is 25.0. The van der Waals surface area contributed by atoms with Gasteiger partial charge < -0.3 is 24.8 Å². The van der Waals surface area contributed by atoms with Crippen LogP contribution in [0.15, 0.2) is 78.9 Å². The smallest absolute Gasteiger partial charge is 0.407 e. The van der Waals surface area contributed by atoms with Crippen LogP contribution in [0.3, 0.4) is 0 Å². The fourth-order valence-electron chi connectivity index (χ4n) is 6.66. The fourth-order valence-corrected chi connectivity index (χ4v) is 6.66. The number of hydrogen-bond donors (Lipinski definition) is 2. The van der Waals surface area contributed by atoms with Crippen LogP contribution in [0.1, 0.15) is 48.8 Å². The molecule has 2 amide bonds. The Kier molecular flexibility index (Phi) is 7.73. The van der Waals surface area contributed by atoms with E-state index in [9.17, 15) is 19.5 Å². The number of ether oxygens (including phenoxy) is 2. The number of carboxylic acids is 1. The molecule has 42 heavy (non-hydrogen) atoms. The average Bonchev–Trinajstić information content (AvgIpc) is 3.63. The lowest BCUT2D eigenvalue weighted by atomic mass is 9.90. The van der Waals surface area contributed by atoms with Crippen molar-refractivity contribution < 1.29 is 29.0 Å². The van der Waals surface area contributed by atoms with Gasteiger partial charge in [-0.05, 0) is 59.4 Å². The first kappa shape index (κ1) is 28.0. The molecular formula is C34H36N2O6. The predicted molar refractivity (Wildman–Crippen MR) is 157 cm³/mol. The number of likely N-dealkylation sites (tertiary alicyclic amines) is 1. The van der Waals surface area contributed by atoms with Crippen molar-refractivity contribution in [3.05, 3.63) is 95.6 Å². The number of hydrogen-bond acceptors (Lipinski definition) is 5. The van der Waals surface area contributed by atoms with Crippen LogP contribution in [0.2, 0.25) is 0 Å². The van der Waals surface area contributed by atoms with Crippen molar-refractivity contribution in [3.63, 3.8) is 0 Å². The lowest BCUT2D eigenvalue weighted by molar-refractivity contribution is -0.140. The second-order valence-electron chi connectivity index (χ2n) is 11.7. The second-order valence-corrected chi connectivity index (χ2v) is 11.7. The molecule has 8 heteroatoms. The number of carboxylic acid groups (broad SMARTS) is 1. The summed E-state index contributed by atoms with van der Waals surface area (Å²) in [6.45, 7) is 3.13. The zero-order valence-electron chi connectivity index (χ0n) is 23.7. The minimum absolute atomic E-state index is 0.0944. The molecule has 0 aromatic heterocycles. The van der Waals surface area contributed by atoms with Crippen LogP contribution in [-0.4, -0.2) is 59.8 Å². The van der Waals surface area contributed by atoms with Gasteiger partial charge in [0.2, 0.25) is 5.91 Å². The van der Waals surface area contributed by atoms with Crippen molar-refractivity contribution in [1.82, 2.24) is 10.2 Å². The van der Waals surface area contributed by atoms with E-state index in [0.717, 1.165) is 27.8 Å². The highest BCUT2D eigenvalue weighted by molar-refractivity contribution is 5.86. The SMILES string of the molecule is C[C@H](OCc1ccccc1)[C@@H](NC(=O)OCC1c2ccccc2-c2ccccc21)C(=O)N1CCC2(CC1)CC2C(=O)O. The molecule has 6 rings (SSSR count). The van der Waals surface area contributed by atoms with Gasteiger partial charge in [0.15, 0.2) is 0 Å². The van der Waals surface area contributed by atoms with E-state index in [2.05, 4.69) is 29.6 Å². The number of piperidine rings is 1. The van der Waals surface area contributed by atoms with E-state index in [-0.39, 0.29) is 29.8 Å². The van der Waals surface area contributed by atoms with Gasteiger partial charge in [-0.2, -0.15) is 0 Å². The summed E-state index contributed by atoms with van der Waals surface area (Å²) >= 11 is 0. The number of amides is 2. The number of nitrogens with one attached hydrogen (secondary N) is 1. The molecule has 3 atom stereocenters. The molecule has 2 fully saturated rings. The van der Waals surface area contributed by atoms with Gasteiger partial charge in [-0.15, -0.1) is 0 Å². The summed E-state index contributed by atoms with van der Waals surface area (Å²) in [5.41, 5.74) is 5.27. The third-order valence-electron chi connectivity index (χ3n) is 9.27. The fraction of sp³-hybridized carbons (Fsp3) is 0.382. The molecule has 1 heterocycles. The van der Waals surface area contributed by atoms with Gasteiger partial charge >= 0.3 is 12.1 Å². The molecule has 218 valence electrons. The van der Waals surface area contributed by atoms with E-state index in [1.54, 1.807) is 11.8 Å². The van der Waals surface area contributed by atoms with Gasteiger partial charge in [0, 0.05) is 19.0 Å². The molecule has 1 saturated heterocycles. The molecule has 8 nitrogen and oxygen atoms in total. The first-order valence-corrected chi connectivity index (χ1v) is 14.6. The van der Waals surface area contributed by atoms with Crippen LogP contribution in [0.25, 0.3) is 11.1 Å². The number of rotatable bonds is 9. The zero-order chi connectivity index (χ0) is 29.3. The number of aliphatic carboxylic acids is 1. The van der Waals surface area contributed by atoms with Gasteiger partial charge in [0.05, 0.1) is 18.6 Å². The number of fused-ring (bicyclic) bond motifs is 3. The highest BCUT2D eigenvalue weighted by atomic mass is 16.5. The lowest BCUT2D eigenvalue weighted by Crippen LogP contribution is -2.56. The lowest BCUT2D eigenvalue weighted by Gasteiger charge is -2.36. The van der Waals surface area contributed by atoms with Crippen LogP contribution >= 0.6 is 0 Å². The molecule has 2 aliphatic carbocycles. The number of carbonyl (C=O) groups excluding carboxylic acids is 2. The summed E-state index contributed by atoms with van der Waals surface area (Å²) in [4.78, 5) is 40.2. The Morgan fingerprint density at radius 1 is 0.929 bits per heavy atom. The predicted octanol–water partition coefficient (Wildman–Crippen LogP) is 5.21. The van der Waals surface area contributed by atoms with Crippen molar-refractivity contribution in [2.45, 2.75) is 50.9 Å². The van der Waals surface area contributed by atoms with Crippen LogP contribution < -0.4 is 5.32 Å². The van der Waals surface area contributed by atoms with E-state index in [1.165, 1.54) is 0 Å². The molecule has 3 aliphatic rings. The largest absolute Gasteiger partial charge is 0.481 e. The van der Waals surface area contributed by atoms with Crippen molar-refractivity contribution >= 4 is 18.0 Å². The van der Waals surface area contributed by atoms with Gasteiger partial charge in [0.25, 0.3) is 0 Å². The summed E-state index contributed by atoms with van der Waals surface area (Å²) < 4.78 is 11.8. The molecule has 0 radical (unpaired) electrons. The Bertz CT molecular complexity index is 1420. The topological polar surface area (TPSA) is 105 Å². The van der Waals surface area contributed by atoms with Crippen LogP contribution in [-0.2, 0) is 25.7 Å². The van der Waals surface area contributed by atoms with Gasteiger partial charge in [-0.25, -0.2) is 4.79 Å².